The predicted molar refractivity (Wildman–Crippen MR) is 88.9 cm³/mol. The fraction of sp³-hybridized carbons (Fsp3) is 0.647. The minimum atomic E-state index is -0.0849. The molecular weight excluding hydrogens is 262 g/mol. The molecule has 118 valence electrons. The molecule has 0 aliphatic carbocycles. The molecule has 0 saturated carbocycles. The molecule has 1 N–H and O–H groups in total. The van der Waals surface area contributed by atoms with Crippen LogP contribution in [0.3, 0.4) is 0 Å². The van der Waals surface area contributed by atoms with Crippen LogP contribution in [0.2, 0.25) is 0 Å². The summed E-state index contributed by atoms with van der Waals surface area (Å²) < 4.78 is 0. The number of anilines is 1. The number of carbonyl (C=O) groups is 1. The van der Waals surface area contributed by atoms with Crippen molar-refractivity contribution in [2.24, 2.45) is 5.92 Å². The standard InChI is InChI=1S/C17H29N3O/c1-12(2)8-9-20(7)16(21)13-10-14(17(3,4)5)19-15(11-13)18-6/h10-12H,8-9H2,1-7H3,(H,18,19). The minimum Gasteiger partial charge on any atom is -0.373 e. The first-order chi connectivity index (χ1) is 9.65. The zero-order valence-corrected chi connectivity index (χ0v) is 14.4. The first kappa shape index (κ1) is 17.5. The van der Waals surface area contributed by atoms with E-state index in [0.717, 1.165) is 24.5 Å². The summed E-state index contributed by atoms with van der Waals surface area (Å²) in [6.45, 7) is 11.4. The third-order valence-electron chi connectivity index (χ3n) is 3.49. The number of carbonyl (C=O) groups excluding carboxylic acids is 1. The SMILES string of the molecule is CNc1cc(C(=O)N(C)CCC(C)C)cc(C(C)(C)C)n1. The van der Waals surface area contributed by atoms with E-state index in [4.69, 9.17) is 0 Å². The second-order valence-corrected chi connectivity index (χ2v) is 7.04. The van der Waals surface area contributed by atoms with Gasteiger partial charge in [-0.25, -0.2) is 4.98 Å². The highest BCUT2D eigenvalue weighted by Gasteiger charge is 2.20. The van der Waals surface area contributed by atoms with Crippen LogP contribution in [0.15, 0.2) is 12.1 Å². The maximum atomic E-state index is 12.6. The van der Waals surface area contributed by atoms with Crippen molar-refractivity contribution in [2.75, 3.05) is 26.0 Å². The normalized spacial score (nSPS) is 11.6. The molecule has 0 unspecified atom stereocenters. The third kappa shape index (κ3) is 5.03. The van der Waals surface area contributed by atoms with Crippen molar-refractivity contribution in [3.63, 3.8) is 0 Å². The largest absolute Gasteiger partial charge is 0.373 e. The molecule has 0 bridgehead atoms. The maximum Gasteiger partial charge on any atom is 0.253 e. The van der Waals surface area contributed by atoms with Gasteiger partial charge in [0, 0.05) is 37.3 Å². The van der Waals surface area contributed by atoms with Crippen LogP contribution in [-0.4, -0.2) is 36.4 Å². The summed E-state index contributed by atoms with van der Waals surface area (Å²) in [5.74, 6) is 1.39. The lowest BCUT2D eigenvalue weighted by Gasteiger charge is -2.22. The summed E-state index contributed by atoms with van der Waals surface area (Å²) in [6.07, 6.45) is 1.01. The van der Waals surface area contributed by atoms with Crippen molar-refractivity contribution in [1.29, 1.82) is 0 Å². The van der Waals surface area contributed by atoms with Gasteiger partial charge in [0.25, 0.3) is 5.91 Å². The van der Waals surface area contributed by atoms with Crippen LogP contribution in [0.25, 0.3) is 0 Å². The van der Waals surface area contributed by atoms with E-state index >= 15 is 0 Å². The molecule has 0 aromatic carbocycles. The van der Waals surface area contributed by atoms with Gasteiger partial charge in [-0.05, 0) is 24.5 Å². The van der Waals surface area contributed by atoms with Gasteiger partial charge in [-0.2, -0.15) is 0 Å². The van der Waals surface area contributed by atoms with Gasteiger partial charge in [-0.3, -0.25) is 4.79 Å². The van der Waals surface area contributed by atoms with E-state index in [2.05, 4.69) is 44.9 Å². The predicted octanol–water partition coefficient (Wildman–Crippen LogP) is 3.54. The van der Waals surface area contributed by atoms with Gasteiger partial charge in [0.15, 0.2) is 0 Å². The number of hydrogen-bond donors (Lipinski definition) is 1. The quantitative estimate of drug-likeness (QED) is 0.902. The highest BCUT2D eigenvalue weighted by molar-refractivity contribution is 5.94. The molecule has 0 fully saturated rings. The van der Waals surface area contributed by atoms with E-state index in [1.54, 1.807) is 4.90 Å². The Balaban J connectivity index is 3.03. The lowest BCUT2D eigenvalue weighted by atomic mass is 9.90. The molecule has 4 heteroatoms. The number of amides is 1. The van der Waals surface area contributed by atoms with Gasteiger partial charge in [-0.15, -0.1) is 0 Å². The molecule has 21 heavy (non-hydrogen) atoms. The first-order valence-electron chi connectivity index (χ1n) is 7.61. The molecule has 0 radical (unpaired) electrons. The lowest BCUT2D eigenvalue weighted by Crippen LogP contribution is -2.29. The topological polar surface area (TPSA) is 45.2 Å². The Bertz CT molecular complexity index is 489. The molecule has 0 saturated heterocycles. The van der Waals surface area contributed by atoms with E-state index in [-0.39, 0.29) is 11.3 Å². The second kappa shape index (κ2) is 6.92. The van der Waals surface area contributed by atoms with Crippen molar-refractivity contribution in [3.8, 4) is 0 Å². The van der Waals surface area contributed by atoms with Crippen molar-refractivity contribution >= 4 is 11.7 Å². The van der Waals surface area contributed by atoms with Crippen LogP contribution in [0.5, 0.6) is 0 Å². The van der Waals surface area contributed by atoms with Crippen LogP contribution in [0, 0.1) is 5.92 Å². The van der Waals surface area contributed by atoms with Gasteiger partial charge in [0.1, 0.15) is 5.82 Å². The Morgan fingerprint density at radius 1 is 1.33 bits per heavy atom. The number of hydrogen-bond acceptors (Lipinski definition) is 3. The molecule has 1 amide bonds. The molecule has 1 rings (SSSR count). The fourth-order valence-corrected chi connectivity index (χ4v) is 1.94. The Hall–Kier alpha value is -1.58. The molecule has 1 aromatic rings. The van der Waals surface area contributed by atoms with E-state index in [1.165, 1.54) is 0 Å². The zero-order valence-electron chi connectivity index (χ0n) is 14.4. The van der Waals surface area contributed by atoms with Crippen molar-refractivity contribution in [1.82, 2.24) is 9.88 Å². The summed E-state index contributed by atoms with van der Waals surface area (Å²) in [7, 11) is 3.69. The van der Waals surface area contributed by atoms with Crippen molar-refractivity contribution < 1.29 is 4.79 Å². The van der Waals surface area contributed by atoms with Gasteiger partial charge in [0.2, 0.25) is 0 Å². The summed E-state index contributed by atoms with van der Waals surface area (Å²) in [5, 5.41) is 3.04. The maximum absolute atomic E-state index is 12.6. The molecular formula is C17H29N3O. The van der Waals surface area contributed by atoms with Crippen molar-refractivity contribution in [3.05, 3.63) is 23.4 Å². The Morgan fingerprint density at radius 2 is 1.95 bits per heavy atom. The highest BCUT2D eigenvalue weighted by Crippen LogP contribution is 2.24. The fourth-order valence-electron chi connectivity index (χ4n) is 1.94. The van der Waals surface area contributed by atoms with E-state index in [9.17, 15) is 4.79 Å². The van der Waals surface area contributed by atoms with E-state index in [1.807, 2.05) is 26.2 Å². The number of nitrogens with one attached hydrogen (secondary N) is 1. The molecule has 0 aliphatic heterocycles. The van der Waals surface area contributed by atoms with Crippen LogP contribution in [-0.2, 0) is 5.41 Å². The average Bonchev–Trinajstić information content (AvgIpc) is 2.42. The number of pyridine rings is 1. The van der Waals surface area contributed by atoms with Gasteiger partial charge in [-0.1, -0.05) is 34.6 Å². The zero-order chi connectivity index (χ0) is 16.2. The first-order valence-corrected chi connectivity index (χ1v) is 7.61. The Labute approximate surface area is 129 Å². The molecule has 0 atom stereocenters. The summed E-state index contributed by atoms with van der Waals surface area (Å²) in [6, 6.07) is 3.73. The van der Waals surface area contributed by atoms with Gasteiger partial charge >= 0.3 is 0 Å². The molecule has 1 heterocycles. The van der Waals surface area contributed by atoms with Crippen LogP contribution in [0.4, 0.5) is 5.82 Å². The highest BCUT2D eigenvalue weighted by atomic mass is 16.2. The number of nitrogens with zero attached hydrogens (tertiary/aromatic N) is 2. The Morgan fingerprint density at radius 3 is 2.43 bits per heavy atom. The summed E-state index contributed by atoms with van der Waals surface area (Å²) >= 11 is 0. The smallest absolute Gasteiger partial charge is 0.253 e. The van der Waals surface area contributed by atoms with Gasteiger partial charge < -0.3 is 10.2 Å². The van der Waals surface area contributed by atoms with Crippen molar-refractivity contribution in [2.45, 2.75) is 46.5 Å². The van der Waals surface area contributed by atoms with E-state index < -0.39 is 0 Å². The second-order valence-electron chi connectivity index (χ2n) is 7.04. The number of aromatic nitrogens is 1. The van der Waals surface area contributed by atoms with E-state index in [0.29, 0.717) is 11.5 Å². The average molecular weight is 291 g/mol. The van der Waals surface area contributed by atoms with Crippen LogP contribution < -0.4 is 5.32 Å². The van der Waals surface area contributed by atoms with Crippen LogP contribution in [0.1, 0.15) is 57.1 Å². The summed E-state index contributed by atoms with van der Waals surface area (Å²) in [5.41, 5.74) is 1.54. The van der Waals surface area contributed by atoms with Crippen LogP contribution >= 0.6 is 0 Å². The summed E-state index contributed by atoms with van der Waals surface area (Å²) in [4.78, 5) is 18.9. The molecule has 1 aromatic heterocycles. The monoisotopic (exact) mass is 291 g/mol. The minimum absolute atomic E-state index is 0.0556. The van der Waals surface area contributed by atoms with Gasteiger partial charge in [0.05, 0.1) is 0 Å². The Kier molecular flexibility index (Phi) is 5.76. The molecule has 4 nitrogen and oxygen atoms in total. The number of rotatable bonds is 5. The molecule has 0 aliphatic rings. The molecule has 0 spiro atoms. The lowest BCUT2D eigenvalue weighted by molar-refractivity contribution is 0.0789. The third-order valence-corrected chi connectivity index (χ3v) is 3.49.